The van der Waals surface area contributed by atoms with Crippen LogP contribution in [0.3, 0.4) is 0 Å². The first kappa shape index (κ1) is 16.2. The van der Waals surface area contributed by atoms with Crippen LogP contribution in [0.4, 0.5) is 0 Å². The maximum atomic E-state index is 10.7. The molecule has 4 heterocycles. The second-order valence-corrected chi connectivity index (χ2v) is 7.66. The fraction of sp³-hybridized carbons (Fsp3) is 0.130. The minimum atomic E-state index is -0.0848. The minimum absolute atomic E-state index is 0.0608. The third-order valence-corrected chi connectivity index (χ3v) is 5.99. The van der Waals surface area contributed by atoms with Crippen molar-refractivity contribution in [1.82, 2.24) is 14.5 Å². The van der Waals surface area contributed by atoms with Crippen molar-refractivity contribution in [3.8, 4) is 39.8 Å². The van der Waals surface area contributed by atoms with Crippen LogP contribution in [0.2, 0.25) is 0 Å². The zero-order valence-electron chi connectivity index (χ0n) is 15.5. The first-order valence-electron chi connectivity index (χ1n) is 9.67. The maximum Gasteiger partial charge on any atom is 0.200 e. The lowest BCUT2D eigenvalue weighted by atomic mass is 9.96. The number of para-hydroxylation sites is 1. The number of benzene rings is 2. The van der Waals surface area contributed by atoms with E-state index >= 15 is 0 Å². The number of aromatic hydroxyl groups is 3. The molecule has 0 amide bonds. The Morgan fingerprint density at radius 3 is 2.59 bits per heavy atom. The molecule has 0 atom stereocenters. The van der Waals surface area contributed by atoms with E-state index in [1.54, 1.807) is 24.4 Å². The fourth-order valence-electron chi connectivity index (χ4n) is 4.77. The zero-order chi connectivity index (χ0) is 19.7. The molecule has 6 heteroatoms. The SMILES string of the molecule is Oc1ccc2c(-c3c(O)[nH]c(O)c3-c3cn4c5c(cccc35)CCC4)c[nH]c2c1. The van der Waals surface area contributed by atoms with Crippen molar-refractivity contribution in [3.63, 3.8) is 0 Å². The van der Waals surface area contributed by atoms with Crippen molar-refractivity contribution in [2.45, 2.75) is 19.4 Å². The number of H-pyrrole nitrogens is 2. The summed E-state index contributed by atoms with van der Waals surface area (Å²) in [5.41, 5.74) is 6.04. The first-order valence-corrected chi connectivity index (χ1v) is 9.67. The van der Waals surface area contributed by atoms with E-state index in [2.05, 4.69) is 38.9 Å². The largest absolute Gasteiger partial charge is 0.508 e. The highest BCUT2D eigenvalue weighted by Gasteiger charge is 2.26. The van der Waals surface area contributed by atoms with E-state index in [0.29, 0.717) is 11.1 Å². The standard InChI is InChI=1S/C23H19N3O3/c27-13-6-7-14-16(10-24-18(14)9-13)19-20(23(29)25-22(19)28)17-11-26-8-2-4-12-3-1-5-15(17)21(12)26/h1,3,5-7,9-11,24-25,27-29H,2,4,8H2. The molecule has 0 saturated heterocycles. The van der Waals surface area contributed by atoms with Gasteiger partial charge in [-0.25, -0.2) is 0 Å². The third kappa shape index (κ3) is 2.17. The molecule has 1 aliphatic rings. The number of rotatable bonds is 2. The molecule has 3 aromatic heterocycles. The van der Waals surface area contributed by atoms with Gasteiger partial charge < -0.3 is 24.9 Å². The van der Waals surface area contributed by atoms with E-state index in [1.165, 1.54) is 11.1 Å². The second kappa shape index (κ2) is 5.61. The van der Waals surface area contributed by atoms with E-state index in [0.717, 1.165) is 46.8 Å². The smallest absolute Gasteiger partial charge is 0.200 e. The summed E-state index contributed by atoms with van der Waals surface area (Å²) in [6, 6.07) is 11.3. The summed E-state index contributed by atoms with van der Waals surface area (Å²) in [7, 11) is 0. The van der Waals surface area contributed by atoms with Gasteiger partial charge in [0.05, 0.1) is 16.6 Å². The van der Waals surface area contributed by atoms with E-state index in [1.807, 2.05) is 0 Å². The minimum Gasteiger partial charge on any atom is -0.508 e. The zero-order valence-corrected chi connectivity index (χ0v) is 15.5. The number of phenolic OH excluding ortho intramolecular Hbond substituents is 1. The molecule has 5 N–H and O–H groups in total. The van der Waals surface area contributed by atoms with Crippen molar-refractivity contribution in [1.29, 1.82) is 0 Å². The average Bonchev–Trinajstić information content (AvgIpc) is 3.36. The molecule has 0 saturated carbocycles. The number of aromatic amines is 2. The molecule has 0 unspecified atom stereocenters. The average molecular weight is 385 g/mol. The van der Waals surface area contributed by atoms with Gasteiger partial charge in [-0.1, -0.05) is 18.2 Å². The predicted molar refractivity (Wildman–Crippen MR) is 112 cm³/mol. The molecule has 0 fully saturated rings. The Balaban J connectivity index is 1.67. The Labute approximate surface area is 165 Å². The van der Waals surface area contributed by atoms with Crippen molar-refractivity contribution in [2.75, 3.05) is 0 Å². The second-order valence-electron chi connectivity index (χ2n) is 7.66. The molecule has 1 aliphatic heterocycles. The van der Waals surface area contributed by atoms with Crippen LogP contribution in [0.5, 0.6) is 17.5 Å². The summed E-state index contributed by atoms with van der Waals surface area (Å²) < 4.78 is 2.24. The molecule has 29 heavy (non-hydrogen) atoms. The molecule has 2 aromatic carbocycles. The van der Waals surface area contributed by atoms with Crippen molar-refractivity contribution < 1.29 is 15.3 Å². The van der Waals surface area contributed by atoms with Gasteiger partial charge >= 0.3 is 0 Å². The normalized spacial score (nSPS) is 13.5. The Morgan fingerprint density at radius 2 is 1.72 bits per heavy atom. The lowest BCUT2D eigenvalue weighted by Crippen LogP contribution is -2.05. The molecular weight excluding hydrogens is 366 g/mol. The summed E-state index contributed by atoms with van der Waals surface area (Å²) in [5.74, 6) is 0.0222. The fourth-order valence-corrected chi connectivity index (χ4v) is 4.77. The molecule has 6 nitrogen and oxygen atoms in total. The van der Waals surface area contributed by atoms with Crippen molar-refractivity contribution >= 4 is 21.8 Å². The first-order chi connectivity index (χ1) is 14.1. The lowest BCUT2D eigenvalue weighted by Gasteiger charge is -2.14. The van der Waals surface area contributed by atoms with Crippen LogP contribution >= 0.6 is 0 Å². The van der Waals surface area contributed by atoms with Crippen LogP contribution in [-0.4, -0.2) is 29.9 Å². The van der Waals surface area contributed by atoms with Gasteiger partial charge in [-0.2, -0.15) is 0 Å². The molecular formula is C23H19N3O3. The summed E-state index contributed by atoms with van der Waals surface area (Å²) in [4.78, 5) is 5.84. The number of aromatic nitrogens is 3. The molecule has 144 valence electrons. The molecule has 0 aliphatic carbocycles. The highest BCUT2D eigenvalue weighted by Crippen LogP contribution is 2.49. The lowest BCUT2D eigenvalue weighted by molar-refractivity contribution is 0.426. The van der Waals surface area contributed by atoms with E-state index < -0.39 is 0 Å². The molecule has 0 bridgehead atoms. The van der Waals surface area contributed by atoms with Crippen LogP contribution in [0.15, 0.2) is 48.8 Å². The Kier molecular flexibility index (Phi) is 3.13. The Morgan fingerprint density at radius 1 is 0.897 bits per heavy atom. The van der Waals surface area contributed by atoms with Crippen LogP contribution in [0, 0.1) is 0 Å². The number of nitrogens with zero attached hydrogens (tertiary/aromatic N) is 1. The van der Waals surface area contributed by atoms with Crippen molar-refractivity contribution in [2.24, 2.45) is 0 Å². The number of phenols is 1. The van der Waals surface area contributed by atoms with Gasteiger partial charge in [0.2, 0.25) is 0 Å². The predicted octanol–water partition coefficient (Wildman–Crippen LogP) is 4.85. The van der Waals surface area contributed by atoms with Gasteiger partial charge in [-0.3, -0.25) is 4.98 Å². The van der Waals surface area contributed by atoms with Gasteiger partial charge in [0.1, 0.15) is 5.75 Å². The molecule has 0 radical (unpaired) electrons. The third-order valence-electron chi connectivity index (χ3n) is 5.99. The number of hydrogen-bond donors (Lipinski definition) is 5. The number of nitrogens with one attached hydrogen (secondary N) is 2. The summed E-state index contributed by atoms with van der Waals surface area (Å²) in [6.07, 6.45) is 5.99. The van der Waals surface area contributed by atoms with E-state index in [4.69, 9.17) is 0 Å². The summed E-state index contributed by atoms with van der Waals surface area (Å²) in [6.45, 7) is 0.937. The van der Waals surface area contributed by atoms with Crippen LogP contribution in [0.1, 0.15) is 12.0 Å². The van der Waals surface area contributed by atoms with Crippen LogP contribution in [-0.2, 0) is 13.0 Å². The molecule has 6 rings (SSSR count). The van der Waals surface area contributed by atoms with Gasteiger partial charge in [-0.05, 0) is 30.5 Å². The van der Waals surface area contributed by atoms with Gasteiger partial charge in [0.15, 0.2) is 11.8 Å². The summed E-state index contributed by atoms with van der Waals surface area (Å²) in [5, 5.41) is 33.1. The van der Waals surface area contributed by atoms with Crippen LogP contribution in [0.25, 0.3) is 44.1 Å². The molecule has 0 spiro atoms. The topological polar surface area (TPSA) is 97.2 Å². The Bertz CT molecular complexity index is 1420. The van der Waals surface area contributed by atoms with Gasteiger partial charge in [0.25, 0.3) is 0 Å². The van der Waals surface area contributed by atoms with Gasteiger partial charge in [0, 0.05) is 52.4 Å². The quantitative estimate of drug-likeness (QED) is 0.301. The van der Waals surface area contributed by atoms with Crippen LogP contribution < -0.4 is 0 Å². The highest BCUT2D eigenvalue weighted by atomic mass is 16.3. The summed E-state index contributed by atoms with van der Waals surface area (Å²) >= 11 is 0. The van der Waals surface area contributed by atoms with E-state index in [9.17, 15) is 15.3 Å². The highest BCUT2D eigenvalue weighted by molar-refractivity contribution is 6.08. The number of fused-ring (bicyclic) bond motifs is 1. The van der Waals surface area contributed by atoms with E-state index in [-0.39, 0.29) is 17.5 Å². The monoisotopic (exact) mass is 385 g/mol. The maximum absolute atomic E-state index is 10.7. The van der Waals surface area contributed by atoms with Crippen molar-refractivity contribution in [3.05, 3.63) is 54.4 Å². The number of aryl methyl sites for hydroxylation is 2. The number of hydrogen-bond acceptors (Lipinski definition) is 3. The Hall–Kier alpha value is -3.80. The van der Waals surface area contributed by atoms with Gasteiger partial charge in [-0.15, -0.1) is 0 Å². The molecule has 5 aromatic rings.